The number of hydrogen-bond donors (Lipinski definition) is 2. The summed E-state index contributed by atoms with van der Waals surface area (Å²) in [6, 6.07) is 14.6. The first-order chi connectivity index (χ1) is 15.1. The quantitative estimate of drug-likeness (QED) is 0.521. The molecule has 7 nitrogen and oxygen atoms in total. The van der Waals surface area contributed by atoms with Crippen LogP contribution in [0, 0.1) is 5.82 Å². The van der Waals surface area contributed by atoms with Crippen LogP contribution in [0.15, 0.2) is 59.5 Å². The molecular formula is C23H23FN6O. The third-order valence-corrected chi connectivity index (χ3v) is 5.85. The molecule has 1 aliphatic rings. The summed E-state index contributed by atoms with van der Waals surface area (Å²) in [5, 5.41) is 3.35. The molecule has 2 aromatic heterocycles. The fourth-order valence-electron chi connectivity index (χ4n) is 4.10. The average molecular weight is 418 g/mol. The van der Waals surface area contributed by atoms with Gasteiger partial charge in [0.15, 0.2) is 5.65 Å². The first-order valence-corrected chi connectivity index (χ1v) is 10.3. The van der Waals surface area contributed by atoms with Crippen molar-refractivity contribution in [3.8, 4) is 11.1 Å². The number of rotatable bonds is 5. The van der Waals surface area contributed by atoms with Crippen LogP contribution in [-0.4, -0.2) is 45.7 Å². The largest absolute Gasteiger partial charge is 0.340 e. The van der Waals surface area contributed by atoms with E-state index in [0.717, 1.165) is 30.6 Å². The van der Waals surface area contributed by atoms with Crippen molar-refractivity contribution in [2.24, 2.45) is 0 Å². The van der Waals surface area contributed by atoms with Crippen LogP contribution in [-0.2, 0) is 6.54 Å². The summed E-state index contributed by atoms with van der Waals surface area (Å²) in [6.07, 6.45) is 2.69. The fraction of sp³-hybridized carbons (Fsp3) is 0.261. The molecule has 2 aromatic carbocycles. The van der Waals surface area contributed by atoms with Gasteiger partial charge in [0, 0.05) is 25.2 Å². The van der Waals surface area contributed by atoms with E-state index in [1.807, 2.05) is 37.4 Å². The lowest BCUT2D eigenvalue weighted by atomic mass is 10.0. The third-order valence-electron chi connectivity index (χ3n) is 5.85. The second kappa shape index (κ2) is 7.96. The predicted molar refractivity (Wildman–Crippen MR) is 119 cm³/mol. The zero-order chi connectivity index (χ0) is 21.4. The lowest BCUT2D eigenvalue weighted by Crippen LogP contribution is -2.34. The molecule has 0 unspecified atom stereocenters. The van der Waals surface area contributed by atoms with Crippen LogP contribution in [0.5, 0.6) is 0 Å². The van der Waals surface area contributed by atoms with Crippen LogP contribution >= 0.6 is 0 Å². The second-order valence-electron chi connectivity index (χ2n) is 7.86. The lowest BCUT2D eigenvalue weighted by molar-refractivity contribution is 0.631. The number of benzene rings is 2. The zero-order valence-electron chi connectivity index (χ0n) is 17.2. The Hall–Kier alpha value is -3.52. The molecule has 0 radical (unpaired) electrons. The number of anilines is 1. The molecule has 1 saturated heterocycles. The Labute approximate surface area is 178 Å². The SMILES string of the molecule is CN(c1ncc2[nH]c(=O)n(Cc3cccc(-c4ccccc4F)c3)c2n1)[C@@H]1CCNC1. The van der Waals surface area contributed by atoms with E-state index in [1.165, 1.54) is 6.07 Å². The van der Waals surface area contributed by atoms with E-state index in [9.17, 15) is 9.18 Å². The van der Waals surface area contributed by atoms with Crippen LogP contribution in [0.4, 0.5) is 10.3 Å². The van der Waals surface area contributed by atoms with E-state index < -0.39 is 0 Å². The molecular weight excluding hydrogens is 395 g/mol. The summed E-state index contributed by atoms with van der Waals surface area (Å²) in [5.74, 6) is 0.319. The Balaban J connectivity index is 1.50. The van der Waals surface area contributed by atoms with Gasteiger partial charge in [-0.3, -0.25) is 4.57 Å². The minimum atomic E-state index is -0.272. The number of aromatic nitrogens is 4. The van der Waals surface area contributed by atoms with Gasteiger partial charge in [-0.05, 0) is 36.2 Å². The number of aromatic amines is 1. The van der Waals surface area contributed by atoms with E-state index in [4.69, 9.17) is 4.98 Å². The summed E-state index contributed by atoms with van der Waals surface area (Å²) in [5.41, 5.74) is 3.10. The van der Waals surface area contributed by atoms with Crippen molar-refractivity contribution >= 4 is 17.1 Å². The van der Waals surface area contributed by atoms with Crippen molar-refractivity contribution in [2.45, 2.75) is 19.0 Å². The van der Waals surface area contributed by atoms with Crippen LogP contribution in [0.25, 0.3) is 22.3 Å². The molecule has 0 amide bonds. The van der Waals surface area contributed by atoms with Crippen molar-refractivity contribution in [1.82, 2.24) is 24.8 Å². The highest BCUT2D eigenvalue weighted by Crippen LogP contribution is 2.24. The van der Waals surface area contributed by atoms with Gasteiger partial charge < -0.3 is 15.2 Å². The van der Waals surface area contributed by atoms with Gasteiger partial charge in [-0.15, -0.1) is 0 Å². The molecule has 1 aliphatic heterocycles. The van der Waals surface area contributed by atoms with Crippen LogP contribution in [0.2, 0.25) is 0 Å². The van der Waals surface area contributed by atoms with Crippen molar-refractivity contribution < 1.29 is 4.39 Å². The highest BCUT2D eigenvalue weighted by atomic mass is 19.1. The first kappa shape index (κ1) is 19.4. The molecule has 0 spiro atoms. The Morgan fingerprint density at radius 1 is 1.23 bits per heavy atom. The summed E-state index contributed by atoms with van der Waals surface area (Å²) in [6.45, 7) is 2.19. The third kappa shape index (κ3) is 3.70. The molecule has 1 fully saturated rings. The van der Waals surface area contributed by atoms with E-state index in [1.54, 1.807) is 22.9 Å². The van der Waals surface area contributed by atoms with Gasteiger partial charge in [-0.2, -0.15) is 4.98 Å². The van der Waals surface area contributed by atoms with Crippen molar-refractivity contribution in [1.29, 1.82) is 0 Å². The van der Waals surface area contributed by atoms with E-state index in [0.29, 0.717) is 35.3 Å². The van der Waals surface area contributed by atoms with E-state index in [2.05, 4.69) is 20.2 Å². The molecule has 2 N–H and O–H groups in total. The molecule has 1 atom stereocenters. The summed E-state index contributed by atoms with van der Waals surface area (Å²) in [4.78, 5) is 26.7. The second-order valence-corrected chi connectivity index (χ2v) is 7.86. The smallest absolute Gasteiger partial charge is 0.328 e. The Bertz CT molecular complexity index is 1290. The van der Waals surface area contributed by atoms with Gasteiger partial charge in [-0.1, -0.05) is 36.4 Å². The summed E-state index contributed by atoms with van der Waals surface area (Å²) >= 11 is 0. The molecule has 158 valence electrons. The van der Waals surface area contributed by atoms with Crippen molar-refractivity contribution in [2.75, 3.05) is 25.0 Å². The molecule has 31 heavy (non-hydrogen) atoms. The number of likely N-dealkylation sites (N-methyl/N-ethyl adjacent to an activating group) is 1. The average Bonchev–Trinajstić information content (AvgIpc) is 3.42. The number of hydrogen-bond acceptors (Lipinski definition) is 5. The molecule has 0 bridgehead atoms. The minimum Gasteiger partial charge on any atom is -0.340 e. The Morgan fingerprint density at radius 2 is 2.10 bits per heavy atom. The van der Waals surface area contributed by atoms with Gasteiger partial charge in [0.1, 0.15) is 11.3 Å². The fourth-order valence-corrected chi connectivity index (χ4v) is 4.10. The van der Waals surface area contributed by atoms with Gasteiger partial charge in [-0.25, -0.2) is 14.2 Å². The van der Waals surface area contributed by atoms with Crippen molar-refractivity contribution in [3.63, 3.8) is 0 Å². The Morgan fingerprint density at radius 3 is 2.90 bits per heavy atom. The zero-order valence-corrected chi connectivity index (χ0v) is 17.2. The number of H-pyrrole nitrogens is 1. The molecule has 0 aliphatic carbocycles. The number of imidazole rings is 1. The van der Waals surface area contributed by atoms with E-state index in [-0.39, 0.29) is 11.5 Å². The molecule has 8 heteroatoms. The molecule has 0 saturated carbocycles. The molecule has 4 aromatic rings. The lowest BCUT2D eigenvalue weighted by Gasteiger charge is -2.23. The normalized spacial score (nSPS) is 16.1. The predicted octanol–water partition coefficient (Wildman–Crippen LogP) is 2.77. The number of fused-ring (bicyclic) bond motifs is 1. The maximum Gasteiger partial charge on any atom is 0.328 e. The van der Waals surface area contributed by atoms with Gasteiger partial charge in [0.05, 0.1) is 12.7 Å². The summed E-state index contributed by atoms with van der Waals surface area (Å²) < 4.78 is 15.8. The highest BCUT2D eigenvalue weighted by molar-refractivity contribution is 5.71. The first-order valence-electron chi connectivity index (χ1n) is 10.3. The van der Waals surface area contributed by atoms with Gasteiger partial charge >= 0.3 is 5.69 Å². The maximum absolute atomic E-state index is 14.2. The topological polar surface area (TPSA) is 78.8 Å². The standard InChI is InChI=1S/C23H23FN6O/c1-29(17-9-10-25-12-17)22-26-13-20-21(28-22)30(23(31)27-20)14-15-5-4-6-16(11-15)18-7-2-3-8-19(18)24/h2-8,11,13,17,25H,9-10,12,14H2,1H3,(H,27,31)/t17-/m1/s1. The van der Waals surface area contributed by atoms with Gasteiger partial charge in [0.2, 0.25) is 5.95 Å². The van der Waals surface area contributed by atoms with Crippen LogP contribution in [0.1, 0.15) is 12.0 Å². The highest BCUT2D eigenvalue weighted by Gasteiger charge is 2.22. The number of nitrogens with one attached hydrogen (secondary N) is 2. The summed E-state index contributed by atoms with van der Waals surface area (Å²) in [7, 11) is 1.98. The molecule has 5 rings (SSSR count). The van der Waals surface area contributed by atoms with Gasteiger partial charge in [0.25, 0.3) is 0 Å². The molecule has 3 heterocycles. The number of halogens is 1. The van der Waals surface area contributed by atoms with Crippen LogP contribution < -0.4 is 15.9 Å². The maximum atomic E-state index is 14.2. The van der Waals surface area contributed by atoms with E-state index >= 15 is 0 Å². The van der Waals surface area contributed by atoms with Crippen LogP contribution in [0.3, 0.4) is 0 Å². The monoisotopic (exact) mass is 418 g/mol. The minimum absolute atomic E-state index is 0.247. The van der Waals surface area contributed by atoms with Crippen molar-refractivity contribution in [3.05, 3.63) is 76.6 Å². The number of nitrogens with zero attached hydrogens (tertiary/aromatic N) is 4. The Kier molecular flexibility index (Phi) is 4.99.